The Bertz CT molecular complexity index is 181. The van der Waals surface area contributed by atoms with Crippen molar-refractivity contribution >= 4 is 0 Å². The Morgan fingerprint density at radius 2 is 1.87 bits per heavy atom. The fourth-order valence-electron chi connectivity index (χ4n) is 2.83. The third-order valence-corrected chi connectivity index (χ3v) is 4.19. The minimum atomic E-state index is 0.307. The van der Waals surface area contributed by atoms with Crippen molar-refractivity contribution in [3.8, 4) is 0 Å². The Morgan fingerprint density at radius 1 is 1.13 bits per heavy atom. The van der Waals surface area contributed by atoms with Crippen LogP contribution in [0.3, 0.4) is 0 Å². The lowest BCUT2D eigenvalue weighted by molar-refractivity contribution is 0.237. The van der Waals surface area contributed by atoms with Crippen molar-refractivity contribution in [1.82, 2.24) is 5.32 Å². The van der Waals surface area contributed by atoms with Gasteiger partial charge in [0.2, 0.25) is 0 Å². The summed E-state index contributed by atoms with van der Waals surface area (Å²) in [5.74, 6) is 1.08. The van der Waals surface area contributed by atoms with Crippen molar-refractivity contribution in [1.29, 1.82) is 0 Å². The molecule has 2 nitrogen and oxygen atoms in total. The van der Waals surface area contributed by atoms with Crippen molar-refractivity contribution in [2.75, 3.05) is 13.1 Å². The fourth-order valence-corrected chi connectivity index (χ4v) is 2.83. The smallest absolute Gasteiger partial charge is 0.0304 e. The zero-order valence-electron chi connectivity index (χ0n) is 9.93. The summed E-state index contributed by atoms with van der Waals surface area (Å²) in [6.45, 7) is 2.02. The standard InChI is InChI=1S/C13H26N2/c14-11-13(8-2-1-3-9-13)15-10-4-5-12-6-7-12/h12,15H,1-11,14H2. The fraction of sp³-hybridized carbons (Fsp3) is 1.00. The van der Waals surface area contributed by atoms with Gasteiger partial charge in [0, 0.05) is 12.1 Å². The molecule has 0 unspecified atom stereocenters. The molecule has 0 heterocycles. The maximum absolute atomic E-state index is 5.93. The van der Waals surface area contributed by atoms with E-state index >= 15 is 0 Å². The Kier molecular flexibility index (Phi) is 4.04. The maximum atomic E-state index is 5.93. The summed E-state index contributed by atoms with van der Waals surface area (Å²) in [4.78, 5) is 0. The monoisotopic (exact) mass is 210 g/mol. The Morgan fingerprint density at radius 3 is 2.47 bits per heavy atom. The van der Waals surface area contributed by atoms with Crippen LogP contribution in [0, 0.1) is 5.92 Å². The van der Waals surface area contributed by atoms with Crippen molar-refractivity contribution in [3.63, 3.8) is 0 Å². The third-order valence-electron chi connectivity index (χ3n) is 4.19. The van der Waals surface area contributed by atoms with E-state index in [9.17, 15) is 0 Å². The third kappa shape index (κ3) is 3.46. The number of rotatable bonds is 6. The molecule has 0 radical (unpaired) electrons. The van der Waals surface area contributed by atoms with Crippen LogP contribution < -0.4 is 11.1 Å². The molecule has 0 aromatic heterocycles. The summed E-state index contributed by atoms with van der Waals surface area (Å²) in [6, 6.07) is 0. The van der Waals surface area contributed by atoms with Gasteiger partial charge >= 0.3 is 0 Å². The highest BCUT2D eigenvalue weighted by Gasteiger charge is 2.29. The average Bonchev–Trinajstić information content (AvgIpc) is 3.10. The second kappa shape index (κ2) is 5.31. The quantitative estimate of drug-likeness (QED) is 0.661. The second-order valence-electron chi connectivity index (χ2n) is 5.56. The van der Waals surface area contributed by atoms with Gasteiger partial charge in [-0.05, 0) is 38.1 Å². The Labute approximate surface area is 94.0 Å². The first-order chi connectivity index (χ1) is 7.35. The molecule has 2 heteroatoms. The van der Waals surface area contributed by atoms with E-state index in [0.29, 0.717) is 5.54 Å². The minimum absolute atomic E-state index is 0.307. The summed E-state index contributed by atoms with van der Waals surface area (Å²) < 4.78 is 0. The number of nitrogens with two attached hydrogens (primary N) is 1. The molecular formula is C13H26N2. The first-order valence-corrected chi connectivity index (χ1v) is 6.80. The lowest BCUT2D eigenvalue weighted by Gasteiger charge is -2.37. The highest BCUT2D eigenvalue weighted by Crippen LogP contribution is 2.33. The maximum Gasteiger partial charge on any atom is 0.0304 e. The van der Waals surface area contributed by atoms with E-state index in [1.54, 1.807) is 0 Å². The number of nitrogens with one attached hydrogen (secondary N) is 1. The molecule has 0 spiro atoms. The first kappa shape index (κ1) is 11.4. The molecule has 0 atom stereocenters. The molecule has 15 heavy (non-hydrogen) atoms. The normalized spacial score (nSPS) is 25.4. The van der Waals surface area contributed by atoms with Crippen LogP contribution in [0.2, 0.25) is 0 Å². The topological polar surface area (TPSA) is 38.0 Å². The zero-order valence-corrected chi connectivity index (χ0v) is 9.93. The van der Waals surface area contributed by atoms with Gasteiger partial charge in [-0.2, -0.15) is 0 Å². The molecular weight excluding hydrogens is 184 g/mol. The lowest BCUT2D eigenvalue weighted by atomic mass is 9.81. The summed E-state index contributed by atoms with van der Waals surface area (Å²) >= 11 is 0. The molecule has 0 saturated heterocycles. The molecule has 88 valence electrons. The van der Waals surface area contributed by atoms with Gasteiger partial charge in [-0.1, -0.05) is 32.1 Å². The van der Waals surface area contributed by atoms with Crippen LogP contribution in [0.25, 0.3) is 0 Å². The van der Waals surface area contributed by atoms with E-state index < -0.39 is 0 Å². The van der Waals surface area contributed by atoms with Gasteiger partial charge in [-0.3, -0.25) is 0 Å². The highest BCUT2D eigenvalue weighted by atomic mass is 15.0. The van der Waals surface area contributed by atoms with Crippen molar-refractivity contribution < 1.29 is 0 Å². The molecule has 2 aliphatic carbocycles. The van der Waals surface area contributed by atoms with Crippen LogP contribution in [-0.4, -0.2) is 18.6 Å². The molecule has 0 aromatic carbocycles. The number of hydrogen-bond donors (Lipinski definition) is 2. The second-order valence-corrected chi connectivity index (χ2v) is 5.56. The largest absolute Gasteiger partial charge is 0.329 e. The van der Waals surface area contributed by atoms with Crippen LogP contribution >= 0.6 is 0 Å². The van der Waals surface area contributed by atoms with Crippen LogP contribution in [0.5, 0.6) is 0 Å². The molecule has 2 rings (SSSR count). The van der Waals surface area contributed by atoms with Crippen molar-refractivity contribution in [2.24, 2.45) is 11.7 Å². The van der Waals surface area contributed by atoms with E-state index in [1.165, 1.54) is 64.3 Å². The lowest BCUT2D eigenvalue weighted by Crippen LogP contribution is -2.52. The molecule has 2 aliphatic rings. The van der Waals surface area contributed by atoms with E-state index in [2.05, 4.69) is 5.32 Å². The summed E-state index contributed by atoms with van der Waals surface area (Å²) in [5.41, 5.74) is 6.24. The van der Waals surface area contributed by atoms with E-state index in [-0.39, 0.29) is 0 Å². The summed E-state index contributed by atoms with van der Waals surface area (Å²) in [7, 11) is 0. The van der Waals surface area contributed by atoms with Crippen molar-refractivity contribution in [2.45, 2.75) is 63.3 Å². The first-order valence-electron chi connectivity index (χ1n) is 6.80. The highest BCUT2D eigenvalue weighted by molar-refractivity contribution is 4.91. The summed E-state index contributed by atoms with van der Waals surface area (Å²) in [6.07, 6.45) is 12.5. The van der Waals surface area contributed by atoms with Crippen molar-refractivity contribution in [3.05, 3.63) is 0 Å². The molecule has 0 bridgehead atoms. The Hall–Kier alpha value is -0.0800. The van der Waals surface area contributed by atoms with Gasteiger partial charge in [-0.15, -0.1) is 0 Å². The van der Waals surface area contributed by atoms with Gasteiger partial charge < -0.3 is 11.1 Å². The molecule has 0 amide bonds. The van der Waals surface area contributed by atoms with Gasteiger partial charge in [0.15, 0.2) is 0 Å². The SMILES string of the molecule is NCC1(NCCCC2CC2)CCCCC1. The molecule has 0 aliphatic heterocycles. The van der Waals surface area contributed by atoms with E-state index in [4.69, 9.17) is 5.73 Å². The predicted octanol–water partition coefficient (Wildman–Crippen LogP) is 2.43. The molecule has 0 aromatic rings. The van der Waals surface area contributed by atoms with Gasteiger partial charge in [-0.25, -0.2) is 0 Å². The molecule has 3 N–H and O–H groups in total. The van der Waals surface area contributed by atoms with Crippen LogP contribution in [0.1, 0.15) is 57.8 Å². The Balaban J connectivity index is 1.64. The predicted molar refractivity (Wildman–Crippen MR) is 64.8 cm³/mol. The van der Waals surface area contributed by atoms with E-state index in [0.717, 1.165) is 12.5 Å². The van der Waals surface area contributed by atoms with Crippen LogP contribution in [0.4, 0.5) is 0 Å². The molecule has 2 saturated carbocycles. The number of hydrogen-bond acceptors (Lipinski definition) is 2. The van der Waals surface area contributed by atoms with Crippen LogP contribution in [-0.2, 0) is 0 Å². The van der Waals surface area contributed by atoms with Crippen LogP contribution in [0.15, 0.2) is 0 Å². The minimum Gasteiger partial charge on any atom is -0.329 e. The van der Waals surface area contributed by atoms with Gasteiger partial charge in [0.25, 0.3) is 0 Å². The van der Waals surface area contributed by atoms with Gasteiger partial charge in [0.1, 0.15) is 0 Å². The average molecular weight is 210 g/mol. The zero-order chi connectivity index (χ0) is 10.6. The summed E-state index contributed by atoms with van der Waals surface area (Å²) in [5, 5.41) is 3.74. The van der Waals surface area contributed by atoms with E-state index in [1.807, 2.05) is 0 Å². The van der Waals surface area contributed by atoms with Gasteiger partial charge in [0.05, 0.1) is 0 Å². The molecule has 2 fully saturated rings.